The molecule has 0 aromatic carbocycles. The number of hydrogen-bond acceptors (Lipinski definition) is 3. The maximum Gasteiger partial charge on any atom is 0.258 e. The molecular formula is C8H12O3. The van der Waals surface area contributed by atoms with E-state index in [1.54, 1.807) is 0 Å². The Balaban J connectivity index is 1.59. The molecule has 3 heteroatoms. The Hall–Kier alpha value is -0.120. The standard InChI is InChI=1S/C8H12O3/c1-2-3-4-7-8(10-7,11-7)6-5-9-6/h6H,2-5H2,1H3. The van der Waals surface area contributed by atoms with Crippen LogP contribution in [0, 0.1) is 0 Å². The number of ether oxygens (including phenoxy) is 3. The van der Waals surface area contributed by atoms with Gasteiger partial charge in [0.25, 0.3) is 5.79 Å². The molecule has 0 aromatic rings. The minimum absolute atomic E-state index is 0.176. The molecule has 11 heavy (non-hydrogen) atoms. The highest BCUT2D eigenvalue weighted by Gasteiger charge is 2.95. The highest BCUT2D eigenvalue weighted by atomic mass is 17.1. The molecule has 3 heterocycles. The summed E-state index contributed by atoms with van der Waals surface area (Å²) in [5.74, 6) is -0.424. The number of rotatable bonds is 4. The Morgan fingerprint density at radius 2 is 2.18 bits per heavy atom. The van der Waals surface area contributed by atoms with E-state index in [1.807, 2.05) is 0 Å². The second-order valence-corrected chi connectivity index (χ2v) is 3.55. The lowest BCUT2D eigenvalue weighted by Gasteiger charge is -1.97. The van der Waals surface area contributed by atoms with Crippen LogP contribution in [0.5, 0.6) is 0 Å². The van der Waals surface area contributed by atoms with Crippen molar-refractivity contribution in [2.24, 2.45) is 0 Å². The zero-order valence-corrected chi connectivity index (χ0v) is 6.63. The molecule has 0 amide bonds. The van der Waals surface area contributed by atoms with Gasteiger partial charge in [-0.1, -0.05) is 13.3 Å². The lowest BCUT2D eigenvalue weighted by molar-refractivity contribution is -0.107. The molecule has 3 aliphatic heterocycles. The fourth-order valence-electron chi connectivity index (χ4n) is 1.78. The number of hydrogen-bond donors (Lipinski definition) is 0. The summed E-state index contributed by atoms with van der Waals surface area (Å²) in [6, 6.07) is 0. The van der Waals surface area contributed by atoms with Crippen LogP contribution >= 0.6 is 0 Å². The molecule has 3 fully saturated rings. The van der Waals surface area contributed by atoms with Crippen molar-refractivity contribution in [3.63, 3.8) is 0 Å². The first-order valence-corrected chi connectivity index (χ1v) is 4.35. The van der Waals surface area contributed by atoms with Crippen molar-refractivity contribution in [3.8, 4) is 0 Å². The number of epoxide rings is 3. The Kier molecular flexibility index (Phi) is 0.947. The third-order valence-electron chi connectivity index (χ3n) is 2.70. The molecule has 0 aromatic heterocycles. The van der Waals surface area contributed by atoms with Crippen molar-refractivity contribution in [2.45, 2.75) is 43.9 Å². The normalized spacial score (nSPS) is 57.0. The van der Waals surface area contributed by atoms with E-state index in [9.17, 15) is 0 Å². The summed E-state index contributed by atoms with van der Waals surface area (Å²) in [6.45, 7) is 3.00. The smallest absolute Gasteiger partial charge is 0.258 e. The molecule has 1 unspecified atom stereocenters. The van der Waals surface area contributed by atoms with Crippen molar-refractivity contribution in [1.82, 2.24) is 0 Å². The van der Waals surface area contributed by atoms with E-state index >= 15 is 0 Å². The SMILES string of the molecule is CCCCC12OC1(C1CO1)O2. The van der Waals surface area contributed by atoms with Gasteiger partial charge in [-0.3, -0.25) is 0 Å². The molecule has 62 valence electrons. The molecule has 3 aliphatic rings. The van der Waals surface area contributed by atoms with Gasteiger partial charge in [0.2, 0.25) is 5.79 Å². The first-order valence-electron chi connectivity index (χ1n) is 4.35. The fraction of sp³-hybridized carbons (Fsp3) is 1.00. The van der Waals surface area contributed by atoms with Crippen molar-refractivity contribution in [1.29, 1.82) is 0 Å². The van der Waals surface area contributed by atoms with E-state index in [1.165, 1.54) is 12.8 Å². The Morgan fingerprint density at radius 1 is 1.45 bits per heavy atom. The third kappa shape index (κ3) is 0.643. The molecule has 3 nitrogen and oxygen atoms in total. The average molecular weight is 156 g/mol. The van der Waals surface area contributed by atoms with Crippen LogP contribution < -0.4 is 0 Å². The molecule has 0 bridgehead atoms. The Morgan fingerprint density at radius 3 is 2.73 bits per heavy atom. The first-order chi connectivity index (χ1) is 5.33. The van der Waals surface area contributed by atoms with Gasteiger partial charge in [-0.15, -0.1) is 0 Å². The largest absolute Gasteiger partial charge is 0.367 e. The zero-order valence-electron chi connectivity index (χ0n) is 6.63. The third-order valence-corrected chi connectivity index (χ3v) is 2.70. The predicted octanol–water partition coefficient (Wildman–Crippen LogP) is 1.03. The van der Waals surface area contributed by atoms with E-state index in [0.29, 0.717) is 0 Å². The fourth-order valence-corrected chi connectivity index (χ4v) is 1.78. The molecule has 0 saturated carbocycles. The van der Waals surface area contributed by atoms with Crippen LogP contribution in [-0.4, -0.2) is 24.3 Å². The van der Waals surface area contributed by atoms with Gasteiger partial charge in [-0.2, -0.15) is 0 Å². The molecular weight excluding hydrogens is 144 g/mol. The van der Waals surface area contributed by atoms with Crippen LogP contribution in [0.25, 0.3) is 0 Å². The van der Waals surface area contributed by atoms with Crippen LogP contribution in [0.15, 0.2) is 0 Å². The molecule has 0 aliphatic carbocycles. The van der Waals surface area contributed by atoms with E-state index in [-0.39, 0.29) is 17.7 Å². The van der Waals surface area contributed by atoms with Crippen LogP contribution in [-0.2, 0) is 14.2 Å². The molecule has 0 radical (unpaired) electrons. The lowest BCUT2D eigenvalue weighted by atomic mass is 10.1. The monoisotopic (exact) mass is 156 g/mol. The number of fused-ring (bicyclic) bond motifs is 1. The molecule has 1 atom stereocenters. The Bertz CT molecular complexity index is 192. The van der Waals surface area contributed by atoms with Crippen molar-refractivity contribution in [2.75, 3.05) is 6.61 Å². The van der Waals surface area contributed by atoms with Gasteiger partial charge >= 0.3 is 0 Å². The van der Waals surface area contributed by atoms with E-state index in [4.69, 9.17) is 14.2 Å². The van der Waals surface area contributed by atoms with Gasteiger partial charge in [-0.05, 0) is 6.42 Å². The highest BCUT2D eigenvalue weighted by molar-refractivity contribution is 5.24. The Labute approximate surface area is 65.6 Å². The summed E-state index contributed by atoms with van der Waals surface area (Å²) in [7, 11) is 0. The average Bonchev–Trinajstić information content (AvgIpc) is 2.75. The van der Waals surface area contributed by atoms with Gasteiger partial charge in [0.1, 0.15) is 6.10 Å². The second-order valence-electron chi connectivity index (χ2n) is 3.55. The summed E-state index contributed by atoms with van der Waals surface area (Å²) in [6.07, 6.45) is 3.70. The predicted molar refractivity (Wildman–Crippen MR) is 36.9 cm³/mol. The maximum absolute atomic E-state index is 5.46. The summed E-state index contributed by atoms with van der Waals surface area (Å²) >= 11 is 0. The minimum atomic E-state index is -0.248. The summed E-state index contributed by atoms with van der Waals surface area (Å²) < 4.78 is 16.1. The zero-order chi connectivity index (χ0) is 7.53. The maximum atomic E-state index is 5.46. The van der Waals surface area contributed by atoms with Gasteiger partial charge in [0.05, 0.1) is 6.61 Å². The van der Waals surface area contributed by atoms with E-state index < -0.39 is 0 Å². The lowest BCUT2D eigenvalue weighted by Crippen LogP contribution is -2.06. The summed E-state index contributed by atoms with van der Waals surface area (Å²) in [5, 5.41) is 0. The molecule has 0 N–H and O–H groups in total. The van der Waals surface area contributed by atoms with Crippen molar-refractivity contribution in [3.05, 3.63) is 0 Å². The van der Waals surface area contributed by atoms with E-state index in [2.05, 4.69) is 6.92 Å². The van der Waals surface area contributed by atoms with Crippen molar-refractivity contribution >= 4 is 0 Å². The highest BCUT2D eigenvalue weighted by Crippen LogP contribution is 2.73. The van der Waals surface area contributed by atoms with Crippen LogP contribution in [0.2, 0.25) is 0 Å². The van der Waals surface area contributed by atoms with Gasteiger partial charge < -0.3 is 14.2 Å². The minimum Gasteiger partial charge on any atom is -0.367 e. The molecule has 3 saturated heterocycles. The second kappa shape index (κ2) is 1.63. The van der Waals surface area contributed by atoms with Gasteiger partial charge in [0, 0.05) is 6.42 Å². The van der Waals surface area contributed by atoms with E-state index in [0.717, 1.165) is 13.0 Å². The van der Waals surface area contributed by atoms with Crippen LogP contribution in [0.1, 0.15) is 26.2 Å². The number of unbranched alkanes of at least 4 members (excludes halogenated alkanes) is 1. The van der Waals surface area contributed by atoms with Crippen LogP contribution in [0.3, 0.4) is 0 Å². The quantitative estimate of drug-likeness (QED) is 0.570. The molecule has 0 spiro atoms. The van der Waals surface area contributed by atoms with Gasteiger partial charge in [0.15, 0.2) is 0 Å². The summed E-state index contributed by atoms with van der Waals surface area (Å²) in [4.78, 5) is 0. The first kappa shape index (κ1) is 6.40. The summed E-state index contributed by atoms with van der Waals surface area (Å²) in [5.41, 5.74) is 0. The molecule has 3 rings (SSSR count). The van der Waals surface area contributed by atoms with Crippen LogP contribution in [0.4, 0.5) is 0 Å². The van der Waals surface area contributed by atoms with Gasteiger partial charge in [-0.25, -0.2) is 0 Å². The van der Waals surface area contributed by atoms with Crippen molar-refractivity contribution < 1.29 is 14.2 Å². The topological polar surface area (TPSA) is 37.6 Å².